The van der Waals surface area contributed by atoms with Crippen LogP contribution < -0.4 is 19.7 Å². The number of nitrogens with zero attached hydrogens (tertiary/aromatic N) is 2. The molecule has 1 N–H and O–H groups in total. The van der Waals surface area contributed by atoms with Gasteiger partial charge in [-0.15, -0.1) is 0 Å². The first-order chi connectivity index (χ1) is 15.9. The number of carbonyl (C=O) groups excluding carboxylic acids is 3. The topological polar surface area (TPSA) is 88.2 Å². The van der Waals surface area contributed by atoms with Crippen LogP contribution in [0.4, 0.5) is 11.4 Å². The molecule has 0 aliphatic carbocycles. The van der Waals surface area contributed by atoms with Crippen LogP contribution >= 0.6 is 11.6 Å². The molecule has 2 aromatic rings. The molecule has 1 spiro atoms. The van der Waals surface area contributed by atoms with Crippen molar-refractivity contribution in [1.29, 1.82) is 0 Å². The predicted octanol–water partition coefficient (Wildman–Crippen LogP) is 2.81. The molecule has 7 rings (SSSR count). The summed E-state index contributed by atoms with van der Waals surface area (Å²) in [4.78, 5) is 44.9. The van der Waals surface area contributed by atoms with E-state index in [9.17, 15) is 14.4 Å². The van der Waals surface area contributed by atoms with Gasteiger partial charge in [0.25, 0.3) is 0 Å². The molecule has 5 aliphatic heterocycles. The average molecular weight is 466 g/mol. The van der Waals surface area contributed by atoms with Gasteiger partial charge in [0.15, 0.2) is 11.5 Å². The molecule has 2 aromatic carbocycles. The standard InChI is InChI=1S/C24H20ClN3O5/c1-11-7-12(25)8-14-20(11)26-23(31)24(14)19-18(15-3-2-6-27(15)24)21(29)28(22(19)30)13-4-5-16-17(9-13)33-10-32-16/h4-5,7-9,15,18-19H,2-3,6,10H2,1H3,(H,26,31). The Hall–Kier alpha value is -3.10. The minimum absolute atomic E-state index is 0.100. The van der Waals surface area contributed by atoms with E-state index in [4.69, 9.17) is 21.1 Å². The summed E-state index contributed by atoms with van der Waals surface area (Å²) in [5.74, 6) is -1.23. The third-order valence-electron chi connectivity index (χ3n) is 7.88. The van der Waals surface area contributed by atoms with Crippen LogP contribution in [0.25, 0.3) is 0 Å². The number of fused-ring (bicyclic) bond motifs is 8. The molecule has 0 bridgehead atoms. The lowest BCUT2D eigenvalue weighted by molar-refractivity contribution is -0.135. The Morgan fingerprint density at radius 3 is 2.76 bits per heavy atom. The monoisotopic (exact) mass is 465 g/mol. The predicted molar refractivity (Wildman–Crippen MR) is 118 cm³/mol. The second kappa shape index (κ2) is 6.27. The van der Waals surface area contributed by atoms with Crippen LogP contribution in [0.3, 0.4) is 0 Å². The Balaban J connectivity index is 1.42. The smallest absolute Gasteiger partial charge is 0.250 e. The third kappa shape index (κ3) is 2.18. The number of imide groups is 1. The summed E-state index contributed by atoms with van der Waals surface area (Å²) in [7, 11) is 0. The summed E-state index contributed by atoms with van der Waals surface area (Å²) >= 11 is 6.42. The van der Waals surface area contributed by atoms with E-state index in [1.807, 2.05) is 6.92 Å². The highest BCUT2D eigenvalue weighted by Gasteiger charge is 2.74. The number of ether oxygens (including phenoxy) is 2. The summed E-state index contributed by atoms with van der Waals surface area (Å²) in [5.41, 5.74) is 1.42. The highest BCUT2D eigenvalue weighted by Crippen LogP contribution is 2.61. The number of hydrogen-bond donors (Lipinski definition) is 1. The molecule has 3 saturated heterocycles. The van der Waals surface area contributed by atoms with Gasteiger partial charge in [0.2, 0.25) is 24.5 Å². The second-order valence-electron chi connectivity index (χ2n) is 9.32. The van der Waals surface area contributed by atoms with Crippen molar-refractivity contribution in [1.82, 2.24) is 4.90 Å². The SMILES string of the molecule is Cc1cc(Cl)cc2c1NC(=O)C21C2C(=O)N(c3ccc4c(c3)OCO4)C(=O)C2C2CCCN21. The zero-order valence-electron chi connectivity index (χ0n) is 17.8. The van der Waals surface area contributed by atoms with Gasteiger partial charge < -0.3 is 14.8 Å². The molecule has 3 fully saturated rings. The molecule has 8 nitrogen and oxygen atoms in total. The van der Waals surface area contributed by atoms with Crippen molar-refractivity contribution in [3.8, 4) is 11.5 Å². The van der Waals surface area contributed by atoms with Crippen molar-refractivity contribution in [3.63, 3.8) is 0 Å². The molecule has 4 atom stereocenters. The van der Waals surface area contributed by atoms with Crippen molar-refractivity contribution >= 4 is 40.7 Å². The lowest BCUT2D eigenvalue weighted by Gasteiger charge is -2.36. The minimum Gasteiger partial charge on any atom is -0.454 e. The van der Waals surface area contributed by atoms with Gasteiger partial charge in [0.1, 0.15) is 5.54 Å². The molecule has 5 aliphatic rings. The van der Waals surface area contributed by atoms with Gasteiger partial charge in [-0.2, -0.15) is 0 Å². The van der Waals surface area contributed by atoms with E-state index in [0.29, 0.717) is 40.0 Å². The number of hydrogen-bond acceptors (Lipinski definition) is 6. The van der Waals surface area contributed by atoms with Crippen LogP contribution in [0.2, 0.25) is 5.02 Å². The van der Waals surface area contributed by atoms with Gasteiger partial charge in [0, 0.05) is 28.4 Å². The van der Waals surface area contributed by atoms with Crippen molar-refractivity contribution in [2.24, 2.45) is 11.8 Å². The van der Waals surface area contributed by atoms with Crippen molar-refractivity contribution in [2.75, 3.05) is 23.6 Å². The normalized spacial score (nSPS) is 31.4. The number of benzene rings is 2. The van der Waals surface area contributed by atoms with Crippen LogP contribution in [-0.2, 0) is 19.9 Å². The molecule has 5 heterocycles. The Morgan fingerprint density at radius 2 is 1.91 bits per heavy atom. The molecule has 3 amide bonds. The van der Waals surface area contributed by atoms with E-state index in [2.05, 4.69) is 10.2 Å². The maximum absolute atomic E-state index is 14.0. The van der Waals surface area contributed by atoms with Crippen LogP contribution in [0.15, 0.2) is 30.3 Å². The maximum atomic E-state index is 14.0. The molecule has 33 heavy (non-hydrogen) atoms. The summed E-state index contributed by atoms with van der Waals surface area (Å²) in [6.07, 6.45) is 1.63. The first-order valence-electron chi connectivity index (χ1n) is 11.1. The van der Waals surface area contributed by atoms with Crippen molar-refractivity contribution in [2.45, 2.75) is 31.3 Å². The van der Waals surface area contributed by atoms with E-state index >= 15 is 0 Å². The summed E-state index contributed by atoms with van der Waals surface area (Å²) in [6.45, 7) is 2.64. The van der Waals surface area contributed by atoms with E-state index in [-0.39, 0.29) is 30.6 Å². The number of amides is 3. The number of nitrogens with one attached hydrogen (secondary N) is 1. The number of halogens is 1. The van der Waals surface area contributed by atoms with Crippen molar-refractivity contribution < 1.29 is 23.9 Å². The lowest BCUT2D eigenvalue weighted by Crippen LogP contribution is -2.54. The van der Waals surface area contributed by atoms with Gasteiger partial charge in [-0.3, -0.25) is 19.3 Å². The highest BCUT2D eigenvalue weighted by molar-refractivity contribution is 6.31. The number of anilines is 2. The van der Waals surface area contributed by atoms with E-state index < -0.39 is 17.4 Å². The van der Waals surface area contributed by atoms with Gasteiger partial charge in [0.05, 0.1) is 17.5 Å². The van der Waals surface area contributed by atoms with Crippen molar-refractivity contribution in [3.05, 3.63) is 46.5 Å². The number of rotatable bonds is 1. The third-order valence-corrected chi connectivity index (χ3v) is 8.10. The first-order valence-corrected chi connectivity index (χ1v) is 11.5. The molecule has 9 heteroatoms. The molecular formula is C24H20ClN3O5. The summed E-state index contributed by atoms with van der Waals surface area (Å²) in [5, 5.41) is 3.52. The van der Waals surface area contributed by atoms with Crippen LogP contribution in [0, 0.1) is 18.8 Å². The largest absolute Gasteiger partial charge is 0.454 e. The summed E-state index contributed by atoms with van der Waals surface area (Å²) < 4.78 is 10.8. The zero-order chi connectivity index (χ0) is 22.6. The average Bonchev–Trinajstić information content (AvgIpc) is 3.55. The fraction of sp³-hybridized carbons (Fsp3) is 0.375. The highest BCUT2D eigenvalue weighted by atomic mass is 35.5. The molecule has 0 aromatic heterocycles. The fourth-order valence-electron chi connectivity index (χ4n) is 6.71. The maximum Gasteiger partial charge on any atom is 0.250 e. The lowest BCUT2D eigenvalue weighted by atomic mass is 9.75. The van der Waals surface area contributed by atoms with E-state index in [0.717, 1.165) is 18.4 Å². The Morgan fingerprint density at radius 1 is 1.09 bits per heavy atom. The minimum atomic E-state index is -1.24. The zero-order valence-corrected chi connectivity index (χ0v) is 18.5. The van der Waals surface area contributed by atoms with Crippen LogP contribution in [0.1, 0.15) is 24.0 Å². The van der Waals surface area contributed by atoms with Gasteiger partial charge >= 0.3 is 0 Å². The summed E-state index contributed by atoms with van der Waals surface area (Å²) in [6, 6.07) is 8.44. The Labute approximate surface area is 194 Å². The molecule has 4 unspecified atom stereocenters. The molecule has 0 radical (unpaired) electrons. The van der Waals surface area contributed by atoms with Crippen LogP contribution in [-0.4, -0.2) is 42.0 Å². The first kappa shape index (κ1) is 19.4. The molecule has 168 valence electrons. The number of aryl methyl sites for hydroxylation is 1. The Kier molecular flexibility index (Phi) is 3.68. The van der Waals surface area contributed by atoms with E-state index in [1.165, 1.54) is 4.90 Å². The quantitative estimate of drug-likeness (QED) is 0.652. The van der Waals surface area contributed by atoms with Gasteiger partial charge in [-0.1, -0.05) is 11.6 Å². The Bertz CT molecular complexity index is 1300. The molecule has 0 saturated carbocycles. The van der Waals surface area contributed by atoms with Gasteiger partial charge in [-0.05, 0) is 56.1 Å². The van der Waals surface area contributed by atoms with Crippen LogP contribution in [0.5, 0.6) is 11.5 Å². The van der Waals surface area contributed by atoms with Gasteiger partial charge in [-0.25, -0.2) is 4.90 Å². The fourth-order valence-corrected chi connectivity index (χ4v) is 6.99. The molecular weight excluding hydrogens is 446 g/mol. The van der Waals surface area contributed by atoms with E-state index in [1.54, 1.807) is 30.3 Å². The number of carbonyl (C=O) groups is 3. The second-order valence-corrected chi connectivity index (χ2v) is 9.76.